The van der Waals surface area contributed by atoms with E-state index in [0.717, 1.165) is 16.3 Å². The Labute approximate surface area is 139 Å². The Morgan fingerprint density at radius 3 is 2.29 bits per heavy atom. The van der Waals surface area contributed by atoms with Gasteiger partial charge in [-0.3, -0.25) is 4.99 Å². The SMILES string of the molecule is O=C(O)[C@H](Cc1ccccc1)N=Cc1cc2ccccc2cc1O. The third-order valence-corrected chi connectivity index (χ3v) is 3.85. The highest BCUT2D eigenvalue weighted by Gasteiger charge is 2.16. The number of aliphatic carboxylic acids is 1. The van der Waals surface area contributed by atoms with Gasteiger partial charge in [-0.05, 0) is 28.5 Å². The second-order valence-electron chi connectivity index (χ2n) is 5.58. The molecule has 0 heterocycles. The van der Waals surface area contributed by atoms with Gasteiger partial charge in [0.15, 0.2) is 6.04 Å². The van der Waals surface area contributed by atoms with Gasteiger partial charge in [0.1, 0.15) is 5.75 Å². The fourth-order valence-electron chi connectivity index (χ4n) is 2.56. The van der Waals surface area contributed by atoms with Gasteiger partial charge in [0.25, 0.3) is 0 Å². The maximum Gasteiger partial charge on any atom is 0.328 e. The van der Waals surface area contributed by atoms with Gasteiger partial charge in [-0.2, -0.15) is 0 Å². The molecule has 0 unspecified atom stereocenters. The van der Waals surface area contributed by atoms with Crippen LogP contribution in [0.25, 0.3) is 10.8 Å². The van der Waals surface area contributed by atoms with Crippen molar-refractivity contribution in [1.29, 1.82) is 0 Å². The van der Waals surface area contributed by atoms with Gasteiger partial charge < -0.3 is 10.2 Å². The lowest BCUT2D eigenvalue weighted by atomic mass is 10.1. The molecule has 0 aliphatic carbocycles. The number of benzene rings is 3. The Morgan fingerprint density at radius 1 is 1.00 bits per heavy atom. The summed E-state index contributed by atoms with van der Waals surface area (Å²) in [5.41, 5.74) is 1.41. The molecule has 0 aliphatic rings. The Bertz CT molecular complexity index is 888. The van der Waals surface area contributed by atoms with Crippen molar-refractivity contribution in [2.24, 2.45) is 4.99 Å². The normalized spacial score (nSPS) is 12.5. The van der Waals surface area contributed by atoms with Gasteiger partial charge in [0.2, 0.25) is 0 Å². The molecule has 3 aromatic rings. The van der Waals surface area contributed by atoms with Crippen molar-refractivity contribution in [3.05, 3.63) is 77.9 Å². The van der Waals surface area contributed by atoms with E-state index < -0.39 is 12.0 Å². The van der Waals surface area contributed by atoms with Gasteiger partial charge in [-0.25, -0.2) is 4.79 Å². The largest absolute Gasteiger partial charge is 0.507 e. The lowest BCUT2D eigenvalue weighted by Gasteiger charge is -2.08. The smallest absolute Gasteiger partial charge is 0.328 e. The molecular weight excluding hydrogens is 302 g/mol. The minimum absolute atomic E-state index is 0.0845. The predicted molar refractivity (Wildman–Crippen MR) is 94.8 cm³/mol. The second-order valence-corrected chi connectivity index (χ2v) is 5.58. The number of hydrogen-bond donors (Lipinski definition) is 2. The first-order valence-electron chi connectivity index (χ1n) is 7.65. The lowest BCUT2D eigenvalue weighted by molar-refractivity contribution is -0.138. The predicted octanol–water partition coefficient (Wildman–Crippen LogP) is 3.66. The van der Waals surface area contributed by atoms with Crippen molar-refractivity contribution in [2.45, 2.75) is 12.5 Å². The molecule has 3 rings (SSSR count). The number of phenolic OH excluding ortho intramolecular Hbond substituents is 1. The number of fused-ring (bicyclic) bond motifs is 1. The number of carboxylic acid groups (broad SMARTS) is 1. The molecule has 0 saturated carbocycles. The van der Waals surface area contributed by atoms with Gasteiger partial charge in [-0.1, -0.05) is 54.6 Å². The molecule has 3 aromatic carbocycles. The zero-order valence-electron chi connectivity index (χ0n) is 13.0. The molecule has 0 fully saturated rings. The minimum Gasteiger partial charge on any atom is -0.507 e. The second kappa shape index (κ2) is 6.96. The van der Waals surface area contributed by atoms with Crippen molar-refractivity contribution in [3.8, 4) is 5.75 Å². The maximum atomic E-state index is 11.4. The summed E-state index contributed by atoms with van der Waals surface area (Å²) in [7, 11) is 0. The van der Waals surface area contributed by atoms with Crippen LogP contribution in [0.3, 0.4) is 0 Å². The van der Waals surface area contributed by atoms with E-state index in [1.807, 2.05) is 54.6 Å². The highest BCUT2D eigenvalue weighted by Crippen LogP contribution is 2.23. The first kappa shape index (κ1) is 15.7. The van der Waals surface area contributed by atoms with Crippen LogP contribution >= 0.6 is 0 Å². The number of aliphatic imine (C=N–C) groups is 1. The average molecular weight is 319 g/mol. The Morgan fingerprint density at radius 2 is 1.62 bits per heavy atom. The molecule has 120 valence electrons. The van der Waals surface area contributed by atoms with E-state index in [-0.39, 0.29) is 5.75 Å². The van der Waals surface area contributed by atoms with Gasteiger partial charge in [0.05, 0.1) is 0 Å². The molecule has 4 nitrogen and oxygen atoms in total. The summed E-state index contributed by atoms with van der Waals surface area (Å²) < 4.78 is 0. The molecule has 24 heavy (non-hydrogen) atoms. The van der Waals surface area contributed by atoms with Crippen LogP contribution in [-0.2, 0) is 11.2 Å². The van der Waals surface area contributed by atoms with Crippen LogP contribution in [0.5, 0.6) is 5.75 Å². The van der Waals surface area contributed by atoms with E-state index in [4.69, 9.17) is 0 Å². The molecule has 0 amide bonds. The first-order valence-corrected chi connectivity index (χ1v) is 7.65. The standard InChI is InChI=1S/C20H17NO3/c22-19-12-16-9-5-4-8-15(16)11-17(19)13-21-18(20(23)24)10-14-6-2-1-3-7-14/h1-9,11-13,18,22H,10H2,(H,23,24)/t18-/m0/s1. The zero-order valence-corrected chi connectivity index (χ0v) is 13.0. The molecule has 4 heteroatoms. The fraction of sp³-hybridized carbons (Fsp3) is 0.100. The third-order valence-electron chi connectivity index (χ3n) is 3.85. The lowest BCUT2D eigenvalue weighted by Crippen LogP contribution is -2.20. The summed E-state index contributed by atoms with van der Waals surface area (Å²) in [4.78, 5) is 15.6. The molecule has 0 bridgehead atoms. The van der Waals surface area contributed by atoms with E-state index in [0.29, 0.717) is 12.0 Å². The van der Waals surface area contributed by atoms with E-state index in [2.05, 4.69) is 4.99 Å². The van der Waals surface area contributed by atoms with E-state index in [1.54, 1.807) is 12.1 Å². The van der Waals surface area contributed by atoms with E-state index in [1.165, 1.54) is 6.21 Å². The van der Waals surface area contributed by atoms with Crippen molar-refractivity contribution < 1.29 is 15.0 Å². The number of nitrogens with zero attached hydrogens (tertiary/aromatic N) is 1. The molecule has 0 radical (unpaired) electrons. The third kappa shape index (κ3) is 3.60. The summed E-state index contributed by atoms with van der Waals surface area (Å²) in [5.74, 6) is -0.906. The highest BCUT2D eigenvalue weighted by molar-refractivity contribution is 5.94. The Balaban J connectivity index is 1.87. The molecule has 0 saturated heterocycles. The van der Waals surface area contributed by atoms with Gasteiger partial charge >= 0.3 is 5.97 Å². The van der Waals surface area contributed by atoms with Gasteiger partial charge in [0, 0.05) is 18.2 Å². The number of carboxylic acids is 1. The summed E-state index contributed by atoms with van der Waals surface area (Å²) >= 11 is 0. The number of rotatable bonds is 5. The molecule has 0 aromatic heterocycles. The van der Waals surface area contributed by atoms with Crippen molar-refractivity contribution in [1.82, 2.24) is 0 Å². The highest BCUT2D eigenvalue weighted by atomic mass is 16.4. The summed E-state index contributed by atoms with van der Waals surface area (Å²) in [5, 5.41) is 21.4. The van der Waals surface area contributed by atoms with Crippen LogP contribution in [0.2, 0.25) is 0 Å². The van der Waals surface area contributed by atoms with Crippen LogP contribution in [0.1, 0.15) is 11.1 Å². The Hall–Kier alpha value is -3.14. The topological polar surface area (TPSA) is 69.9 Å². The summed E-state index contributed by atoms with van der Waals surface area (Å²) in [6, 6.07) is 19.6. The Kier molecular flexibility index (Phi) is 4.57. The molecule has 2 N–H and O–H groups in total. The number of carbonyl (C=O) groups is 1. The number of aromatic hydroxyl groups is 1. The van der Waals surface area contributed by atoms with Gasteiger partial charge in [-0.15, -0.1) is 0 Å². The van der Waals surface area contributed by atoms with Crippen LogP contribution in [0.4, 0.5) is 0 Å². The summed E-state index contributed by atoms with van der Waals surface area (Å²) in [6.45, 7) is 0. The van der Waals surface area contributed by atoms with Crippen LogP contribution in [-0.4, -0.2) is 28.4 Å². The first-order chi connectivity index (χ1) is 11.6. The van der Waals surface area contributed by atoms with Crippen molar-refractivity contribution in [2.75, 3.05) is 0 Å². The number of hydrogen-bond acceptors (Lipinski definition) is 3. The van der Waals surface area contributed by atoms with Crippen LogP contribution < -0.4 is 0 Å². The van der Waals surface area contributed by atoms with E-state index in [9.17, 15) is 15.0 Å². The quantitative estimate of drug-likeness (QED) is 0.705. The fourth-order valence-corrected chi connectivity index (χ4v) is 2.56. The zero-order chi connectivity index (χ0) is 16.9. The average Bonchev–Trinajstić information content (AvgIpc) is 2.59. The van der Waals surface area contributed by atoms with Crippen LogP contribution in [0.15, 0.2) is 71.7 Å². The molecule has 0 spiro atoms. The van der Waals surface area contributed by atoms with Crippen molar-refractivity contribution in [3.63, 3.8) is 0 Å². The van der Waals surface area contributed by atoms with E-state index >= 15 is 0 Å². The maximum absolute atomic E-state index is 11.4. The number of phenols is 1. The summed E-state index contributed by atoms with van der Waals surface area (Å²) in [6.07, 6.45) is 1.74. The minimum atomic E-state index is -0.990. The monoisotopic (exact) mass is 319 g/mol. The molecule has 1 atom stereocenters. The molecule has 0 aliphatic heterocycles. The van der Waals surface area contributed by atoms with Crippen molar-refractivity contribution >= 4 is 23.0 Å². The van der Waals surface area contributed by atoms with Crippen LogP contribution in [0, 0.1) is 0 Å². The molecular formula is C20H17NO3.